The zero-order valence-corrected chi connectivity index (χ0v) is 20.4. The fourth-order valence-corrected chi connectivity index (χ4v) is 4.86. The first kappa shape index (κ1) is 25.7. The highest BCUT2D eigenvalue weighted by Gasteiger charge is 2.42. The molecule has 2 aromatic rings. The molecule has 0 radical (unpaired) electrons. The van der Waals surface area contributed by atoms with Crippen molar-refractivity contribution in [2.24, 2.45) is 5.41 Å². The van der Waals surface area contributed by atoms with E-state index < -0.39 is 6.36 Å². The van der Waals surface area contributed by atoms with Gasteiger partial charge in [-0.3, -0.25) is 4.79 Å². The van der Waals surface area contributed by atoms with E-state index in [-0.39, 0.29) is 35.5 Å². The van der Waals surface area contributed by atoms with Crippen LogP contribution in [0.25, 0.3) is 0 Å². The van der Waals surface area contributed by atoms with Crippen molar-refractivity contribution in [3.8, 4) is 11.5 Å². The molecule has 1 N–H and O–H groups in total. The van der Waals surface area contributed by atoms with Crippen LogP contribution < -0.4 is 14.8 Å². The highest BCUT2D eigenvalue weighted by Crippen LogP contribution is 2.40. The summed E-state index contributed by atoms with van der Waals surface area (Å²) in [5.74, 6) is -0.232. The highest BCUT2D eigenvalue weighted by molar-refractivity contribution is 5.90. The van der Waals surface area contributed by atoms with Gasteiger partial charge in [-0.15, -0.1) is 13.2 Å². The maximum atomic E-state index is 12.8. The third-order valence-electron chi connectivity index (χ3n) is 6.95. The van der Waals surface area contributed by atoms with Gasteiger partial charge in [-0.2, -0.15) is 0 Å². The fourth-order valence-electron chi connectivity index (χ4n) is 4.86. The molecule has 10 heteroatoms. The Bertz CT molecular complexity index is 1100. The van der Waals surface area contributed by atoms with Crippen LogP contribution in [0.2, 0.25) is 0 Å². The van der Waals surface area contributed by atoms with E-state index in [1.165, 1.54) is 12.1 Å². The lowest BCUT2D eigenvalue weighted by Gasteiger charge is -2.39. The number of aryl methyl sites for hydroxylation is 2. The Kier molecular flexibility index (Phi) is 7.33. The van der Waals surface area contributed by atoms with Crippen molar-refractivity contribution in [3.05, 3.63) is 53.6 Å². The molecule has 0 aromatic heterocycles. The van der Waals surface area contributed by atoms with Gasteiger partial charge in [0.1, 0.15) is 11.5 Å². The number of hydrogen-bond acceptors (Lipinski definition) is 4. The van der Waals surface area contributed by atoms with Gasteiger partial charge in [0.15, 0.2) is 6.61 Å². The van der Waals surface area contributed by atoms with Crippen LogP contribution in [-0.4, -0.2) is 60.9 Å². The van der Waals surface area contributed by atoms with Crippen LogP contribution >= 0.6 is 0 Å². The number of likely N-dealkylation sites (tertiary alicyclic amines) is 2. The molecule has 0 unspecified atom stereocenters. The van der Waals surface area contributed by atoms with Gasteiger partial charge >= 0.3 is 12.4 Å². The van der Waals surface area contributed by atoms with Crippen molar-refractivity contribution < 1.29 is 32.2 Å². The van der Waals surface area contributed by atoms with Gasteiger partial charge in [0.05, 0.1) is 0 Å². The average molecular weight is 506 g/mol. The summed E-state index contributed by atoms with van der Waals surface area (Å²) in [6, 6.07) is 10.8. The van der Waals surface area contributed by atoms with E-state index in [1.54, 1.807) is 4.90 Å². The molecule has 2 aliphatic heterocycles. The molecule has 0 bridgehead atoms. The maximum absolute atomic E-state index is 12.8. The number of nitrogens with zero attached hydrogens (tertiary/aromatic N) is 2. The predicted molar refractivity (Wildman–Crippen MR) is 128 cm³/mol. The molecular formula is C26H30F3N3O4. The van der Waals surface area contributed by atoms with Crippen LogP contribution in [0.4, 0.5) is 23.7 Å². The zero-order valence-electron chi connectivity index (χ0n) is 20.4. The lowest BCUT2D eigenvalue weighted by Crippen LogP contribution is -2.46. The van der Waals surface area contributed by atoms with Crippen LogP contribution in [-0.2, 0) is 4.79 Å². The number of anilines is 1. The monoisotopic (exact) mass is 505 g/mol. The van der Waals surface area contributed by atoms with Gasteiger partial charge in [-0.05, 0) is 74.4 Å². The number of alkyl halides is 3. The van der Waals surface area contributed by atoms with Crippen LogP contribution in [0.1, 0.15) is 30.4 Å². The molecule has 1 spiro atoms. The van der Waals surface area contributed by atoms with Crippen LogP contribution in [0.5, 0.6) is 11.5 Å². The van der Waals surface area contributed by atoms with Crippen LogP contribution in [0, 0.1) is 19.3 Å². The van der Waals surface area contributed by atoms with Crippen molar-refractivity contribution in [1.82, 2.24) is 9.80 Å². The summed E-state index contributed by atoms with van der Waals surface area (Å²) in [5, 5.41) is 3.00. The first-order valence-corrected chi connectivity index (χ1v) is 11.9. The number of rotatable bonds is 5. The Morgan fingerprint density at radius 1 is 0.944 bits per heavy atom. The number of piperidine rings is 1. The molecule has 194 valence electrons. The topological polar surface area (TPSA) is 71.1 Å². The lowest BCUT2D eigenvalue weighted by atomic mass is 9.78. The SMILES string of the molecule is Cc1ccc(NC(=O)N2CCC3(CCN(C(=O)COc4ccc(OC(F)(F)F)cc4)C3)CC2)c(C)c1. The second kappa shape index (κ2) is 10.3. The molecule has 4 rings (SSSR count). The fraction of sp³-hybridized carbons (Fsp3) is 0.462. The molecular weight excluding hydrogens is 475 g/mol. The molecule has 2 fully saturated rings. The number of urea groups is 1. The lowest BCUT2D eigenvalue weighted by molar-refractivity contribution is -0.274. The molecule has 2 aliphatic rings. The number of carbonyl (C=O) groups is 2. The smallest absolute Gasteiger partial charge is 0.484 e. The van der Waals surface area contributed by atoms with Gasteiger partial charge in [0.2, 0.25) is 0 Å². The Morgan fingerprint density at radius 2 is 1.56 bits per heavy atom. The summed E-state index contributed by atoms with van der Waals surface area (Å²) < 4.78 is 46.1. The van der Waals surface area contributed by atoms with E-state index in [0.717, 1.165) is 48.2 Å². The van der Waals surface area contributed by atoms with Crippen molar-refractivity contribution in [2.45, 2.75) is 39.5 Å². The van der Waals surface area contributed by atoms with Gasteiger partial charge in [-0.1, -0.05) is 17.7 Å². The number of carbonyl (C=O) groups excluding carboxylic acids is 2. The highest BCUT2D eigenvalue weighted by atomic mass is 19.4. The number of amides is 3. The summed E-state index contributed by atoms with van der Waals surface area (Å²) in [7, 11) is 0. The summed E-state index contributed by atoms with van der Waals surface area (Å²) >= 11 is 0. The third kappa shape index (κ3) is 6.41. The minimum atomic E-state index is -4.76. The summed E-state index contributed by atoms with van der Waals surface area (Å²) in [6.45, 7) is 6.27. The number of ether oxygens (including phenoxy) is 2. The molecule has 0 atom stereocenters. The first-order valence-electron chi connectivity index (χ1n) is 11.9. The van der Waals surface area contributed by atoms with Gasteiger partial charge in [0, 0.05) is 31.9 Å². The first-order chi connectivity index (χ1) is 17.0. The van der Waals surface area contributed by atoms with Crippen LogP contribution in [0.15, 0.2) is 42.5 Å². The van der Waals surface area contributed by atoms with Crippen molar-refractivity contribution in [3.63, 3.8) is 0 Å². The van der Waals surface area contributed by atoms with Crippen molar-refractivity contribution in [2.75, 3.05) is 38.1 Å². The van der Waals surface area contributed by atoms with E-state index in [0.29, 0.717) is 26.2 Å². The normalized spacial score (nSPS) is 17.2. The second-order valence-electron chi connectivity index (χ2n) is 9.61. The number of hydrogen-bond donors (Lipinski definition) is 1. The molecule has 0 aliphatic carbocycles. The molecule has 7 nitrogen and oxygen atoms in total. The molecule has 2 aromatic carbocycles. The summed E-state index contributed by atoms with van der Waals surface area (Å²) in [5.41, 5.74) is 2.97. The summed E-state index contributed by atoms with van der Waals surface area (Å²) in [6.07, 6.45) is -2.25. The zero-order chi connectivity index (χ0) is 25.9. The predicted octanol–water partition coefficient (Wildman–Crippen LogP) is 5.13. The van der Waals surface area contributed by atoms with E-state index in [9.17, 15) is 22.8 Å². The number of nitrogens with one attached hydrogen (secondary N) is 1. The molecule has 3 amide bonds. The van der Waals surface area contributed by atoms with E-state index in [1.807, 2.05) is 36.9 Å². The largest absolute Gasteiger partial charge is 0.573 e. The average Bonchev–Trinajstić information content (AvgIpc) is 3.23. The Labute approximate surface area is 208 Å². The molecule has 0 saturated carbocycles. The number of halogens is 3. The van der Waals surface area contributed by atoms with Gasteiger partial charge in [-0.25, -0.2) is 4.79 Å². The molecule has 36 heavy (non-hydrogen) atoms. The number of benzene rings is 2. The van der Waals surface area contributed by atoms with E-state index >= 15 is 0 Å². The van der Waals surface area contributed by atoms with Crippen LogP contribution in [0.3, 0.4) is 0 Å². The van der Waals surface area contributed by atoms with Crippen molar-refractivity contribution >= 4 is 17.6 Å². The van der Waals surface area contributed by atoms with E-state index in [4.69, 9.17) is 4.74 Å². The standard InChI is InChI=1S/C26H30F3N3O4/c1-18-3-8-22(19(2)15-18)30-24(34)31-12-9-25(10-13-31)11-14-32(17-25)23(33)16-35-20-4-6-21(7-5-20)36-26(27,28)29/h3-8,15H,9-14,16-17H2,1-2H3,(H,30,34). The Hall–Kier alpha value is -3.43. The Balaban J connectivity index is 1.23. The molecule has 2 heterocycles. The Morgan fingerprint density at radius 3 is 2.17 bits per heavy atom. The minimum Gasteiger partial charge on any atom is -0.484 e. The van der Waals surface area contributed by atoms with Crippen molar-refractivity contribution in [1.29, 1.82) is 0 Å². The van der Waals surface area contributed by atoms with E-state index in [2.05, 4.69) is 10.1 Å². The second-order valence-corrected chi connectivity index (χ2v) is 9.61. The minimum absolute atomic E-state index is 0.0111. The summed E-state index contributed by atoms with van der Waals surface area (Å²) in [4.78, 5) is 29.0. The quantitative estimate of drug-likeness (QED) is 0.612. The third-order valence-corrected chi connectivity index (χ3v) is 6.95. The maximum Gasteiger partial charge on any atom is 0.573 e. The molecule has 2 saturated heterocycles. The van der Waals surface area contributed by atoms with Gasteiger partial charge in [0.25, 0.3) is 5.91 Å². The van der Waals surface area contributed by atoms with Gasteiger partial charge < -0.3 is 24.6 Å².